The molecular formula is C5H13NS2Se2. The summed E-state index contributed by atoms with van der Waals surface area (Å²) in [5.74, 6) is 0. The van der Waals surface area contributed by atoms with Crippen molar-refractivity contribution in [2.75, 3.05) is 0 Å². The molecule has 0 saturated carbocycles. The summed E-state index contributed by atoms with van der Waals surface area (Å²) in [7, 11) is 0. The van der Waals surface area contributed by atoms with Gasteiger partial charge in [0.1, 0.15) is 4.32 Å². The van der Waals surface area contributed by atoms with Crippen molar-refractivity contribution in [1.82, 2.24) is 0 Å². The normalized spacial score (nSPS) is 7.90. The first-order valence-corrected chi connectivity index (χ1v) is 10.5. The zero-order valence-corrected chi connectivity index (χ0v) is 11.3. The van der Waals surface area contributed by atoms with Gasteiger partial charge < -0.3 is 5.73 Å². The van der Waals surface area contributed by atoms with E-state index >= 15 is 0 Å². The van der Waals surface area contributed by atoms with Crippen LogP contribution in [-0.4, -0.2) is 30.6 Å². The third-order valence-electron chi connectivity index (χ3n) is 0.319. The van der Waals surface area contributed by atoms with Gasteiger partial charge in [-0.15, -0.1) is 12.6 Å². The van der Waals surface area contributed by atoms with Crippen LogP contribution in [0.3, 0.4) is 0 Å². The molecule has 0 aliphatic heterocycles. The SMILES string of the molecule is CC[Se][Se]CC.NC(=S)S. The van der Waals surface area contributed by atoms with Crippen LogP contribution in [0.25, 0.3) is 0 Å². The molecule has 0 aliphatic carbocycles. The van der Waals surface area contributed by atoms with E-state index in [1.165, 1.54) is 10.6 Å². The van der Waals surface area contributed by atoms with Gasteiger partial charge in [-0.3, -0.25) is 0 Å². The van der Waals surface area contributed by atoms with Crippen LogP contribution in [0, 0.1) is 0 Å². The van der Waals surface area contributed by atoms with E-state index in [4.69, 9.17) is 5.73 Å². The minimum absolute atomic E-state index is 0.194. The summed E-state index contributed by atoms with van der Waals surface area (Å²) in [6, 6.07) is 0. The minimum atomic E-state index is 0.194. The van der Waals surface area contributed by atoms with E-state index in [2.05, 4.69) is 38.7 Å². The third kappa shape index (κ3) is 34.7. The van der Waals surface area contributed by atoms with E-state index in [0.29, 0.717) is 0 Å². The third-order valence-corrected chi connectivity index (χ3v) is 8.61. The Hall–Kier alpha value is 1.28. The smallest absolute Gasteiger partial charge is 0.128 e. The van der Waals surface area contributed by atoms with Crippen molar-refractivity contribution < 1.29 is 0 Å². The molecule has 0 amide bonds. The average molecular weight is 309 g/mol. The Morgan fingerprint density at radius 2 is 1.60 bits per heavy atom. The topological polar surface area (TPSA) is 26.0 Å². The van der Waals surface area contributed by atoms with Gasteiger partial charge in [-0.1, -0.05) is 12.2 Å². The van der Waals surface area contributed by atoms with Crippen LogP contribution in [0.15, 0.2) is 0 Å². The average Bonchev–Trinajstić information content (AvgIpc) is 1.82. The first kappa shape index (κ1) is 13.8. The molecule has 0 fully saturated rings. The van der Waals surface area contributed by atoms with Crippen LogP contribution >= 0.6 is 24.8 Å². The first-order valence-electron chi connectivity index (χ1n) is 2.87. The van der Waals surface area contributed by atoms with E-state index in [0.717, 1.165) is 26.3 Å². The summed E-state index contributed by atoms with van der Waals surface area (Å²) in [4.78, 5) is 0. The molecule has 5 heteroatoms. The molecule has 10 heavy (non-hydrogen) atoms. The summed E-state index contributed by atoms with van der Waals surface area (Å²) < 4.78 is 0.194. The zero-order chi connectivity index (χ0) is 8.41. The molecule has 0 spiro atoms. The fourth-order valence-corrected chi connectivity index (χ4v) is 4.50. The molecule has 0 aliphatic rings. The van der Waals surface area contributed by atoms with Crippen LogP contribution < -0.4 is 5.73 Å². The number of hydrogen-bond donors (Lipinski definition) is 2. The van der Waals surface area contributed by atoms with Gasteiger partial charge in [0, 0.05) is 0 Å². The van der Waals surface area contributed by atoms with Gasteiger partial charge in [0.15, 0.2) is 0 Å². The van der Waals surface area contributed by atoms with Crippen molar-refractivity contribution in [3.8, 4) is 0 Å². The van der Waals surface area contributed by atoms with E-state index < -0.39 is 0 Å². The second-order valence-corrected chi connectivity index (χ2v) is 10.9. The van der Waals surface area contributed by atoms with Crippen molar-refractivity contribution in [3.63, 3.8) is 0 Å². The Balaban J connectivity index is 0. The fourth-order valence-electron chi connectivity index (χ4n) is 0.167. The van der Waals surface area contributed by atoms with Crippen molar-refractivity contribution in [2.24, 2.45) is 5.73 Å². The molecule has 2 N–H and O–H groups in total. The molecule has 62 valence electrons. The predicted molar refractivity (Wildman–Crippen MR) is 58.2 cm³/mol. The van der Waals surface area contributed by atoms with E-state index in [-0.39, 0.29) is 4.32 Å². The Labute approximate surface area is 85.2 Å². The Morgan fingerprint density at radius 1 is 1.40 bits per heavy atom. The Bertz CT molecular complexity index is 72.0. The summed E-state index contributed by atoms with van der Waals surface area (Å²) in [6.07, 6.45) is 0. The molecule has 0 heterocycles. The van der Waals surface area contributed by atoms with Crippen molar-refractivity contribution in [3.05, 3.63) is 0 Å². The number of rotatable bonds is 3. The maximum absolute atomic E-state index is 4.71. The van der Waals surface area contributed by atoms with Crippen LogP contribution in [0.5, 0.6) is 0 Å². The van der Waals surface area contributed by atoms with Gasteiger partial charge in [0.2, 0.25) is 0 Å². The zero-order valence-electron chi connectivity index (χ0n) is 6.16. The molecule has 0 aromatic heterocycles. The summed E-state index contributed by atoms with van der Waals surface area (Å²) >= 11 is 9.71. The standard InChI is InChI=1S/C4H10Se2.CH3NS2/c1-3-5-6-4-2;2-1(3)4/h3-4H2,1-2H3;(H3,2,3,4). The fraction of sp³-hybridized carbons (Fsp3) is 0.800. The van der Waals surface area contributed by atoms with Crippen LogP contribution in [0.4, 0.5) is 0 Å². The predicted octanol–water partition coefficient (Wildman–Crippen LogP) is 1.35. The monoisotopic (exact) mass is 311 g/mol. The molecule has 0 rings (SSSR count). The van der Waals surface area contributed by atoms with Gasteiger partial charge in [0.25, 0.3) is 0 Å². The molecule has 0 unspecified atom stereocenters. The van der Waals surface area contributed by atoms with E-state index in [1.54, 1.807) is 0 Å². The molecule has 0 atom stereocenters. The summed E-state index contributed by atoms with van der Waals surface area (Å²) in [5.41, 5.74) is 4.71. The molecule has 0 bridgehead atoms. The number of nitrogens with two attached hydrogens (primary N) is 1. The number of thiocarbonyl (C=S) groups is 1. The Morgan fingerprint density at radius 3 is 1.70 bits per heavy atom. The van der Waals surface area contributed by atoms with Crippen molar-refractivity contribution >= 4 is 55.4 Å². The Kier molecular flexibility index (Phi) is 17.9. The molecular weight excluding hydrogens is 296 g/mol. The van der Waals surface area contributed by atoms with Crippen molar-refractivity contribution in [2.45, 2.75) is 24.5 Å². The second kappa shape index (κ2) is 12.9. The number of hydrogen-bond acceptors (Lipinski definition) is 1. The first-order chi connectivity index (χ1) is 4.65. The van der Waals surface area contributed by atoms with E-state index in [1.807, 2.05) is 0 Å². The van der Waals surface area contributed by atoms with Crippen LogP contribution in [0.1, 0.15) is 13.8 Å². The van der Waals surface area contributed by atoms with Crippen LogP contribution in [0.2, 0.25) is 10.6 Å². The van der Waals surface area contributed by atoms with Gasteiger partial charge >= 0.3 is 50.7 Å². The van der Waals surface area contributed by atoms with Gasteiger partial charge in [-0.25, -0.2) is 0 Å². The number of thiol groups is 1. The second-order valence-electron chi connectivity index (χ2n) is 1.15. The van der Waals surface area contributed by atoms with Crippen molar-refractivity contribution in [1.29, 1.82) is 0 Å². The van der Waals surface area contributed by atoms with E-state index in [9.17, 15) is 0 Å². The molecule has 1 nitrogen and oxygen atoms in total. The van der Waals surface area contributed by atoms with Gasteiger partial charge in [-0.2, -0.15) is 0 Å². The largest absolute Gasteiger partial charge is 0.385 e. The molecule has 0 aromatic carbocycles. The van der Waals surface area contributed by atoms with Gasteiger partial charge in [-0.05, 0) is 0 Å². The molecule has 0 aromatic rings. The maximum Gasteiger partial charge on any atom is 0.128 e. The van der Waals surface area contributed by atoms with Crippen LogP contribution in [-0.2, 0) is 0 Å². The minimum Gasteiger partial charge on any atom is -0.385 e. The molecule has 0 saturated heterocycles. The summed E-state index contributed by atoms with van der Waals surface area (Å²) in [6.45, 7) is 4.55. The molecule has 0 radical (unpaired) electrons. The maximum atomic E-state index is 4.71. The van der Waals surface area contributed by atoms with Gasteiger partial charge in [0.05, 0.1) is 0 Å². The quantitative estimate of drug-likeness (QED) is 0.356. The summed E-state index contributed by atoms with van der Waals surface area (Å²) in [5, 5.41) is 2.89.